The number of carbonyl (C=O) groups excluding carboxylic acids is 1. The third-order valence-electron chi connectivity index (χ3n) is 4.61. The lowest BCUT2D eigenvalue weighted by Crippen LogP contribution is -2.18. The fourth-order valence-electron chi connectivity index (χ4n) is 3.61. The molecule has 1 N–H and O–H groups in total. The summed E-state index contributed by atoms with van der Waals surface area (Å²) in [7, 11) is 0. The van der Waals surface area contributed by atoms with Crippen molar-refractivity contribution in [1.82, 2.24) is 5.32 Å². The van der Waals surface area contributed by atoms with Gasteiger partial charge in [0.2, 0.25) is 0 Å². The van der Waals surface area contributed by atoms with Crippen LogP contribution in [-0.4, -0.2) is 12.7 Å². The molecule has 1 atom stereocenters. The molecule has 114 valence electrons. The molecule has 4 aromatic rings. The number of hydrogen-bond acceptors (Lipinski definition) is 2. The van der Waals surface area contributed by atoms with Crippen LogP contribution in [0, 0.1) is 0 Å². The van der Waals surface area contributed by atoms with Crippen molar-refractivity contribution in [3.63, 3.8) is 0 Å². The summed E-state index contributed by atoms with van der Waals surface area (Å²) in [6.45, 7) is 0.392. The molecule has 1 amide bonds. The second-order valence-corrected chi connectivity index (χ2v) is 5.81. The van der Waals surface area contributed by atoms with E-state index in [2.05, 4.69) is 59.9 Å². The summed E-state index contributed by atoms with van der Waals surface area (Å²) in [6.07, 6.45) is -0.337. The van der Waals surface area contributed by atoms with E-state index in [0.29, 0.717) is 6.61 Å². The van der Waals surface area contributed by atoms with Crippen LogP contribution in [0.15, 0.2) is 54.6 Å². The van der Waals surface area contributed by atoms with Gasteiger partial charge in [0.25, 0.3) is 0 Å². The molecule has 0 unspecified atom stereocenters. The second-order valence-electron chi connectivity index (χ2n) is 5.81. The summed E-state index contributed by atoms with van der Waals surface area (Å²) in [6, 6.07) is 19.2. The Bertz CT molecular complexity index is 1030. The molecule has 0 aromatic heterocycles. The Balaban J connectivity index is 0.00000135. The van der Waals surface area contributed by atoms with Crippen molar-refractivity contribution >= 4 is 50.8 Å². The van der Waals surface area contributed by atoms with Gasteiger partial charge in [0.15, 0.2) is 0 Å². The first-order valence-electron chi connectivity index (χ1n) is 7.41. The van der Waals surface area contributed by atoms with Crippen molar-refractivity contribution in [3.8, 4) is 0 Å². The maximum absolute atomic E-state index is 11.4. The fraction of sp³-hybridized carbons (Fsp3) is 0.105. The van der Waals surface area contributed by atoms with E-state index < -0.39 is 0 Å². The van der Waals surface area contributed by atoms with Crippen LogP contribution in [0.5, 0.6) is 0 Å². The molecule has 1 aliphatic rings. The molecule has 0 saturated carbocycles. The van der Waals surface area contributed by atoms with Gasteiger partial charge in [-0.05, 0) is 37.9 Å². The van der Waals surface area contributed by atoms with Crippen LogP contribution in [-0.2, 0) is 4.74 Å². The van der Waals surface area contributed by atoms with E-state index in [1.165, 1.54) is 32.3 Å². The molecule has 23 heavy (non-hydrogen) atoms. The van der Waals surface area contributed by atoms with Gasteiger partial charge in [0.1, 0.15) is 6.61 Å². The topological polar surface area (TPSA) is 38.3 Å². The summed E-state index contributed by atoms with van der Waals surface area (Å²) < 4.78 is 5.06. The van der Waals surface area contributed by atoms with Crippen molar-refractivity contribution in [3.05, 3.63) is 60.2 Å². The first kappa shape index (κ1) is 14.1. The van der Waals surface area contributed by atoms with E-state index in [1.807, 2.05) is 0 Å². The van der Waals surface area contributed by atoms with Gasteiger partial charge >= 0.3 is 6.09 Å². The first-order chi connectivity index (χ1) is 10.8. The quantitative estimate of drug-likeness (QED) is 0.512. The zero-order chi connectivity index (χ0) is 14.7. The summed E-state index contributed by atoms with van der Waals surface area (Å²) in [4.78, 5) is 11.4. The van der Waals surface area contributed by atoms with Crippen LogP contribution in [0.3, 0.4) is 0 Å². The lowest BCUT2D eigenvalue weighted by atomic mass is 9.90. The number of alkyl carbamates (subject to hydrolysis) is 1. The third-order valence-corrected chi connectivity index (χ3v) is 4.61. The molecule has 0 bridgehead atoms. The molecule has 1 aliphatic heterocycles. The van der Waals surface area contributed by atoms with E-state index in [0.717, 1.165) is 5.56 Å². The van der Waals surface area contributed by atoms with Crippen molar-refractivity contribution in [2.75, 3.05) is 6.61 Å². The summed E-state index contributed by atoms with van der Waals surface area (Å²) >= 11 is 0. The standard InChI is InChI=1S/C19H13NO2.ClH/c21-19-20-16(10-22-19)14-8-6-13-5-4-11-2-1-3-12-7-9-15(14)18(13)17(11)12;/h1-9,16H,10H2,(H,20,21);1H/t16-;/m1./s1. The van der Waals surface area contributed by atoms with Crippen LogP contribution in [0.25, 0.3) is 32.3 Å². The Morgan fingerprint density at radius 3 is 2.22 bits per heavy atom. The number of benzene rings is 4. The Hall–Kier alpha value is -2.52. The van der Waals surface area contributed by atoms with Crippen molar-refractivity contribution in [2.24, 2.45) is 0 Å². The predicted molar refractivity (Wildman–Crippen MR) is 94.6 cm³/mol. The number of rotatable bonds is 1. The smallest absolute Gasteiger partial charge is 0.407 e. The molecular formula is C19H14ClNO2. The SMILES string of the molecule is Cl.O=C1N[C@@H](c2ccc3ccc4cccc5ccc2c3c45)CO1. The highest BCUT2D eigenvalue weighted by Gasteiger charge is 2.25. The number of nitrogens with one attached hydrogen (secondary N) is 1. The van der Waals surface area contributed by atoms with E-state index in [1.54, 1.807) is 0 Å². The molecule has 3 nitrogen and oxygen atoms in total. The summed E-state index contributed by atoms with van der Waals surface area (Å²) in [5.41, 5.74) is 1.12. The van der Waals surface area contributed by atoms with Crippen molar-refractivity contribution < 1.29 is 9.53 Å². The average molecular weight is 324 g/mol. The molecule has 0 aliphatic carbocycles. The molecule has 0 spiro atoms. The summed E-state index contributed by atoms with van der Waals surface area (Å²) in [5.74, 6) is 0. The van der Waals surface area contributed by atoms with Crippen LogP contribution < -0.4 is 5.32 Å². The molecule has 5 rings (SSSR count). The van der Waals surface area contributed by atoms with Crippen molar-refractivity contribution in [2.45, 2.75) is 6.04 Å². The lowest BCUT2D eigenvalue weighted by molar-refractivity contribution is 0.177. The predicted octanol–water partition coefficient (Wildman–Crippen LogP) is 4.79. The first-order valence-corrected chi connectivity index (χ1v) is 7.41. The maximum Gasteiger partial charge on any atom is 0.407 e. The minimum absolute atomic E-state index is 0. The van der Waals surface area contributed by atoms with Crippen LogP contribution in [0.4, 0.5) is 4.79 Å². The van der Waals surface area contributed by atoms with Gasteiger partial charge in [-0.15, -0.1) is 12.4 Å². The highest BCUT2D eigenvalue weighted by molar-refractivity contribution is 6.23. The van der Waals surface area contributed by atoms with Crippen LogP contribution in [0.1, 0.15) is 11.6 Å². The monoisotopic (exact) mass is 323 g/mol. The molecule has 1 heterocycles. The molecule has 1 fully saturated rings. The maximum atomic E-state index is 11.4. The zero-order valence-corrected chi connectivity index (χ0v) is 13.0. The molecule has 0 radical (unpaired) electrons. The molecule has 4 aromatic carbocycles. The number of hydrogen-bond donors (Lipinski definition) is 1. The van der Waals surface area contributed by atoms with Gasteiger partial charge in [-0.2, -0.15) is 0 Å². The zero-order valence-electron chi connectivity index (χ0n) is 12.2. The number of amides is 1. The third kappa shape index (κ3) is 1.93. The largest absolute Gasteiger partial charge is 0.447 e. The lowest BCUT2D eigenvalue weighted by Gasteiger charge is -2.16. The number of ether oxygens (including phenoxy) is 1. The molecular weight excluding hydrogens is 310 g/mol. The Kier molecular flexibility index (Phi) is 3.06. The Morgan fingerprint density at radius 2 is 1.52 bits per heavy atom. The highest BCUT2D eigenvalue weighted by atomic mass is 35.5. The minimum atomic E-state index is -0.337. The fourth-order valence-corrected chi connectivity index (χ4v) is 3.61. The van der Waals surface area contributed by atoms with Gasteiger partial charge < -0.3 is 10.1 Å². The minimum Gasteiger partial charge on any atom is -0.447 e. The van der Waals surface area contributed by atoms with Crippen molar-refractivity contribution in [1.29, 1.82) is 0 Å². The number of halogens is 1. The average Bonchev–Trinajstić information content (AvgIpc) is 2.99. The van der Waals surface area contributed by atoms with Gasteiger partial charge in [0, 0.05) is 0 Å². The van der Waals surface area contributed by atoms with Crippen LogP contribution >= 0.6 is 12.4 Å². The van der Waals surface area contributed by atoms with Crippen LogP contribution in [0.2, 0.25) is 0 Å². The number of carbonyl (C=O) groups is 1. The highest BCUT2D eigenvalue weighted by Crippen LogP contribution is 2.37. The number of cyclic esters (lactones) is 1. The second kappa shape index (κ2) is 5.00. The Morgan fingerprint density at radius 1 is 0.870 bits per heavy atom. The van der Waals surface area contributed by atoms with Gasteiger partial charge in [-0.25, -0.2) is 4.79 Å². The van der Waals surface area contributed by atoms with Gasteiger partial charge in [-0.3, -0.25) is 0 Å². The normalized spacial score (nSPS) is 17.4. The molecule has 1 saturated heterocycles. The van der Waals surface area contributed by atoms with E-state index in [9.17, 15) is 4.79 Å². The molecule has 4 heteroatoms. The van der Waals surface area contributed by atoms with E-state index in [-0.39, 0.29) is 24.5 Å². The van der Waals surface area contributed by atoms with E-state index >= 15 is 0 Å². The Labute approximate surface area is 139 Å². The van der Waals surface area contributed by atoms with Gasteiger partial charge in [0.05, 0.1) is 6.04 Å². The summed E-state index contributed by atoms with van der Waals surface area (Å²) in [5, 5.41) is 10.4. The van der Waals surface area contributed by atoms with Gasteiger partial charge in [-0.1, -0.05) is 54.6 Å². The van der Waals surface area contributed by atoms with E-state index in [4.69, 9.17) is 4.74 Å².